The van der Waals surface area contributed by atoms with E-state index in [0.717, 1.165) is 68.0 Å². The van der Waals surface area contributed by atoms with Crippen molar-refractivity contribution in [2.75, 3.05) is 5.32 Å². The molecule has 0 radical (unpaired) electrons. The van der Waals surface area contributed by atoms with Gasteiger partial charge in [-0.1, -0.05) is 20.8 Å². The number of aliphatic hydroxyl groups excluding tert-OH is 3. The Balaban J connectivity index is 1.13. The standard InChI is InChI=1S/C32H46N2O4/c1-18(4-9-29(38)34-21-5-8-26-19(14-21)11-13-33-26)23-6-7-24-30-25(17-28(37)32(23,24)3)31(2)12-10-22(35)15-20(31)16-27(30)36/h5,8,11,13-14,18,20,22-25,27-28,30,33,35-37H,4,6-7,9-10,12,15-17H2,1-3H3,(H,34,38)/t18-,20+,22-,23-,24+,25+,27-,28+,30+,31+,32-/m1/s1. The van der Waals surface area contributed by atoms with Crippen LogP contribution >= 0.6 is 0 Å². The normalized spacial score (nSPS) is 43.2. The maximum absolute atomic E-state index is 12.8. The van der Waals surface area contributed by atoms with E-state index in [9.17, 15) is 20.1 Å². The van der Waals surface area contributed by atoms with Crippen LogP contribution in [-0.4, -0.2) is 44.5 Å². The van der Waals surface area contributed by atoms with Gasteiger partial charge in [0.2, 0.25) is 5.91 Å². The van der Waals surface area contributed by atoms with Crippen molar-refractivity contribution in [2.24, 2.45) is 46.3 Å². The first kappa shape index (κ1) is 26.3. The van der Waals surface area contributed by atoms with Crippen LogP contribution in [0.15, 0.2) is 30.5 Å². The van der Waals surface area contributed by atoms with Gasteiger partial charge in [0.15, 0.2) is 0 Å². The van der Waals surface area contributed by atoms with Gasteiger partial charge < -0.3 is 25.6 Å². The molecule has 5 N–H and O–H groups in total. The lowest BCUT2D eigenvalue weighted by Gasteiger charge is -2.63. The van der Waals surface area contributed by atoms with E-state index >= 15 is 0 Å². The number of aromatic amines is 1. The maximum Gasteiger partial charge on any atom is 0.224 e. The van der Waals surface area contributed by atoms with Crippen molar-refractivity contribution < 1.29 is 20.1 Å². The lowest BCUT2D eigenvalue weighted by Crippen LogP contribution is -2.62. The summed E-state index contributed by atoms with van der Waals surface area (Å²) in [7, 11) is 0. The number of rotatable bonds is 5. The first-order valence-electron chi connectivity index (χ1n) is 15.0. The minimum absolute atomic E-state index is 0.0387. The van der Waals surface area contributed by atoms with Crippen molar-refractivity contribution >= 4 is 22.5 Å². The minimum atomic E-state index is -0.389. The highest BCUT2D eigenvalue weighted by Gasteiger charge is 2.65. The average molecular weight is 523 g/mol. The third-order valence-electron chi connectivity index (χ3n) is 12.2. The third kappa shape index (κ3) is 4.13. The zero-order chi connectivity index (χ0) is 26.8. The maximum atomic E-state index is 12.8. The number of H-pyrrole nitrogens is 1. The van der Waals surface area contributed by atoms with E-state index in [2.05, 4.69) is 31.1 Å². The van der Waals surface area contributed by atoms with Crippen LogP contribution in [0.25, 0.3) is 10.9 Å². The van der Waals surface area contributed by atoms with Crippen molar-refractivity contribution in [2.45, 2.75) is 96.9 Å². The summed E-state index contributed by atoms with van der Waals surface area (Å²) in [6.07, 6.45) is 8.44. The lowest BCUT2D eigenvalue weighted by atomic mass is 9.43. The first-order chi connectivity index (χ1) is 18.1. The molecule has 208 valence electrons. The molecule has 0 spiro atoms. The van der Waals surface area contributed by atoms with Crippen LogP contribution in [0.3, 0.4) is 0 Å². The molecule has 1 aromatic heterocycles. The molecule has 0 saturated heterocycles. The van der Waals surface area contributed by atoms with Gasteiger partial charge in [0.1, 0.15) is 0 Å². The molecule has 6 heteroatoms. The summed E-state index contributed by atoms with van der Waals surface area (Å²) >= 11 is 0. The smallest absolute Gasteiger partial charge is 0.224 e. The summed E-state index contributed by atoms with van der Waals surface area (Å²) in [5.74, 6) is 1.90. The molecule has 38 heavy (non-hydrogen) atoms. The van der Waals surface area contributed by atoms with Crippen LogP contribution < -0.4 is 5.32 Å². The second kappa shape index (κ2) is 9.64. The van der Waals surface area contributed by atoms with Crippen LogP contribution in [0.5, 0.6) is 0 Å². The number of amides is 1. The number of carbonyl (C=O) groups excluding carboxylic acids is 1. The van der Waals surface area contributed by atoms with Gasteiger partial charge in [0, 0.05) is 29.2 Å². The number of carbonyl (C=O) groups is 1. The minimum Gasteiger partial charge on any atom is -0.393 e. The fourth-order valence-electron chi connectivity index (χ4n) is 10.0. The summed E-state index contributed by atoms with van der Waals surface area (Å²) in [4.78, 5) is 16.0. The highest BCUT2D eigenvalue weighted by Crippen LogP contribution is 2.68. The average Bonchev–Trinajstić information content (AvgIpc) is 3.49. The largest absolute Gasteiger partial charge is 0.393 e. The van der Waals surface area contributed by atoms with E-state index in [0.29, 0.717) is 36.0 Å². The Morgan fingerprint density at radius 3 is 2.71 bits per heavy atom. The van der Waals surface area contributed by atoms with Gasteiger partial charge in [-0.05, 0) is 122 Å². The van der Waals surface area contributed by atoms with Crippen molar-refractivity contribution in [1.82, 2.24) is 4.98 Å². The van der Waals surface area contributed by atoms with Gasteiger partial charge in [-0.3, -0.25) is 4.79 Å². The second-order valence-electron chi connectivity index (χ2n) is 13.9. The van der Waals surface area contributed by atoms with Crippen molar-refractivity contribution in [3.8, 4) is 0 Å². The molecule has 2 aromatic rings. The number of nitrogens with one attached hydrogen (secondary N) is 2. The summed E-state index contributed by atoms with van der Waals surface area (Å²) < 4.78 is 0. The Labute approximate surface area is 226 Å². The van der Waals surface area contributed by atoms with E-state index in [1.54, 1.807) is 0 Å². The molecule has 6 nitrogen and oxygen atoms in total. The first-order valence-corrected chi connectivity index (χ1v) is 15.0. The molecule has 1 heterocycles. The molecule has 6 rings (SSSR count). The number of aliphatic hydroxyl groups is 3. The molecule has 0 bridgehead atoms. The van der Waals surface area contributed by atoms with E-state index in [1.165, 1.54) is 0 Å². The topological polar surface area (TPSA) is 106 Å². The number of anilines is 1. The quantitative estimate of drug-likeness (QED) is 0.358. The molecule has 4 fully saturated rings. The molecular weight excluding hydrogens is 476 g/mol. The van der Waals surface area contributed by atoms with Gasteiger partial charge in [-0.2, -0.15) is 0 Å². The van der Waals surface area contributed by atoms with Gasteiger partial charge >= 0.3 is 0 Å². The third-order valence-corrected chi connectivity index (χ3v) is 12.2. The van der Waals surface area contributed by atoms with Crippen LogP contribution in [0.4, 0.5) is 5.69 Å². The predicted octanol–water partition coefficient (Wildman–Crippen LogP) is 5.48. The number of aromatic nitrogens is 1. The molecule has 4 aliphatic rings. The van der Waals surface area contributed by atoms with Crippen LogP contribution in [0.1, 0.15) is 78.6 Å². The fraction of sp³-hybridized carbons (Fsp3) is 0.719. The SMILES string of the molecule is C[C@H](CCC(=O)Nc1ccc2[nH]ccc2c1)[C@H]1CC[C@H]2[C@@H]3[C@H](O)C[C@@H]4C[C@H](O)CC[C@]4(C)[C@H]3C[C@H](O)[C@]12C. The van der Waals surface area contributed by atoms with E-state index in [4.69, 9.17) is 0 Å². The van der Waals surface area contributed by atoms with Crippen LogP contribution in [0, 0.1) is 46.3 Å². The number of hydrogen-bond acceptors (Lipinski definition) is 4. The molecule has 0 aliphatic heterocycles. The Hall–Kier alpha value is -1.89. The highest BCUT2D eigenvalue weighted by molar-refractivity contribution is 5.93. The highest BCUT2D eigenvalue weighted by atomic mass is 16.3. The lowest BCUT2D eigenvalue weighted by molar-refractivity contribution is -0.207. The second-order valence-corrected chi connectivity index (χ2v) is 13.9. The molecule has 1 aromatic carbocycles. The van der Waals surface area contributed by atoms with Crippen molar-refractivity contribution in [3.63, 3.8) is 0 Å². The predicted molar refractivity (Wildman–Crippen MR) is 149 cm³/mol. The molecule has 4 aliphatic carbocycles. The summed E-state index contributed by atoms with van der Waals surface area (Å²) in [5.41, 5.74) is 1.75. The van der Waals surface area contributed by atoms with Crippen LogP contribution in [0.2, 0.25) is 0 Å². The van der Waals surface area contributed by atoms with Gasteiger partial charge in [0.25, 0.3) is 0 Å². The van der Waals surface area contributed by atoms with E-state index in [-0.39, 0.29) is 41.0 Å². The Kier molecular flexibility index (Phi) is 6.68. The number of fused-ring (bicyclic) bond motifs is 6. The zero-order valence-electron chi connectivity index (χ0n) is 23.2. The Morgan fingerprint density at radius 2 is 1.89 bits per heavy atom. The molecule has 4 saturated carbocycles. The van der Waals surface area contributed by atoms with Crippen molar-refractivity contribution in [1.29, 1.82) is 0 Å². The van der Waals surface area contributed by atoms with Gasteiger partial charge in [0.05, 0.1) is 18.3 Å². The van der Waals surface area contributed by atoms with Gasteiger partial charge in [-0.15, -0.1) is 0 Å². The monoisotopic (exact) mass is 522 g/mol. The van der Waals surface area contributed by atoms with Crippen LogP contribution in [-0.2, 0) is 4.79 Å². The van der Waals surface area contributed by atoms with Crippen molar-refractivity contribution in [3.05, 3.63) is 30.5 Å². The van der Waals surface area contributed by atoms with E-state index < -0.39 is 0 Å². The molecule has 0 unspecified atom stereocenters. The molecule has 11 atom stereocenters. The Bertz CT molecular complexity index is 1180. The summed E-state index contributed by atoms with van der Waals surface area (Å²) in [6.45, 7) is 6.92. The zero-order valence-corrected chi connectivity index (χ0v) is 23.2. The summed E-state index contributed by atoms with van der Waals surface area (Å²) in [5, 5.41) is 37.7. The fourth-order valence-corrected chi connectivity index (χ4v) is 10.0. The van der Waals surface area contributed by atoms with E-state index in [1.807, 2.05) is 30.5 Å². The van der Waals surface area contributed by atoms with Gasteiger partial charge in [-0.25, -0.2) is 0 Å². The molecular formula is C32H46N2O4. The summed E-state index contributed by atoms with van der Waals surface area (Å²) in [6, 6.07) is 7.93. The molecule has 1 amide bonds. The Morgan fingerprint density at radius 1 is 1.08 bits per heavy atom. The number of hydrogen-bond donors (Lipinski definition) is 5. The number of benzene rings is 1.